The van der Waals surface area contributed by atoms with Gasteiger partial charge in [-0.15, -0.1) is 0 Å². The van der Waals surface area contributed by atoms with Crippen LogP contribution in [0.5, 0.6) is 0 Å². The molecule has 0 aliphatic rings. The fraction of sp³-hybridized carbons (Fsp3) is 0.222. The Kier molecular flexibility index (Phi) is 4.21. The SMILES string of the molecule is O=C(Cl)c1cc(I)cc(C(F)(F)F)c1C(F)(F)F. The van der Waals surface area contributed by atoms with Crippen LogP contribution < -0.4 is 0 Å². The van der Waals surface area contributed by atoms with Crippen molar-refractivity contribution in [3.63, 3.8) is 0 Å². The van der Waals surface area contributed by atoms with Crippen LogP contribution in [0.25, 0.3) is 0 Å². The van der Waals surface area contributed by atoms with Crippen molar-refractivity contribution in [2.75, 3.05) is 0 Å². The summed E-state index contributed by atoms with van der Waals surface area (Å²) in [5.41, 5.74) is -5.19. The summed E-state index contributed by atoms with van der Waals surface area (Å²) < 4.78 is 75.3. The Hall–Kier alpha value is -0.510. The fourth-order valence-electron chi connectivity index (χ4n) is 1.29. The van der Waals surface area contributed by atoms with Crippen molar-refractivity contribution in [2.24, 2.45) is 0 Å². The molecule has 0 heterocycles. The smallest absolute Gasteiger partial charge is 0.276 e. The van der Waals surface area contributed by atoms with Gasteiger partial charge in [0.1, 0.15) is 0 Å². The van der Waals surface area contributed by atoms with E-state index in [1.165, 1.54) is 22.6 Å². The van der Waals surface area contributed by atoms with Gasteiger partial charge < -0.3 is 0 Å². The summed E-state index contributed by atoms with van der Waals surface area (Å²) in [5.74, 6) is 0. The second-order valence-electron chi connectivity index (χ2n) is 3.15. The summed E-state index contributed by atoms with van der Waals surface area (Å²) in [6.07, 6.45) is -10.6. The molecule has 0 aliphatic carbocycles. The molecule has 1 aromatic carbocycles. The Morgan fingerprint density at radius 3 is 1.89 bits per heavy atom. The van der Waals surface area contributed by atoms with Gasteiger partial charge in [-0.25, -0.2) is 0 Å². The molecule has 0 bridgehead atoms. The summed E-state index contributed by atoms with van der Waals surface area (Å²) in [5, 5.41) is -1.59. The number of alkyl halides is 6. The van der Waals surface area contributed by atoms with E-state index in [4.69, 9.17) is 11.6 Å². The van der Waals surface area contributed by atoms with E-state index >= 15 is 0 Å². The first-order chi connectivity index (χ1) is 7.94. The Morgan fingerprint density at radius 1 is 1.06 bits per heavy atom. The minimum absolute atomic E-state index is 0.170. The van der Waals surface area contributed by atoms with Crippen LogP contribution in [0.4, 0.5) is 26.3 Å². The van der Waals surface area contributed by atoms with E-state index in [9.17, 15) is 31.1 Å². The molecule has 0 fully saturated rings. The zero-order chi connectivity index (χ0) is 14.3. The summed E-state index contributed by atoms with van der Waals surface area (Å²) in [6.45, 7) is 0. The first-order valence-corrected chi connectivity index (χ1v) is 5.58. The summed E-state index contributed by atoms with van der Waals surface area (Å²) in [7, 11) is 0. The van der Waals surface area contributed by atoms with Crippen molar-refractivity contribution >= 4 is 39.4 Å². The number of halogens is 8. The van der Waals surface area contributed by atoms with Gasteiger partial charge in [-0.05, 0) is 46.3 Å². The van der Waals surface area contributed by atoms with Crippen molar-refractivity contribution in [3.8, 4) is 0 Å². The van der Waals surface area contributed by atoms with Crippen LogP contribution >= 0.6 is 34.2 Å². The lowest BCUT2D eigenvalue weighted by molar-refractivity contribution is -0.162. The van der Waals surface area contributed by atoms with E-state index in [2.05, 4.69) is 0 Å². The second kappa shape index (κ2) is 4.87. The molecule has 0 aromatic heterocycles. The monoisotopic (exact) mass is 402 g/mol. The van der Waals surface area contributed by atoms with Gasteiger partial charge in [-0.2, -0.15) is 26.3 Å². The van der Waals surface area contributed by atoms with Gasteiger partial charge in [0.15, 0.2) is 0 Å². The Bertz CT molecular complexity index is 493. The average Bonchev–Trinajstić information content (AvgIpc) is 2.12. The van der Waals surface area contributed by atoms with Gasteiger partial charge >= 0.3 is 12.4 Å². The zero-order valence-electron chi connectivity index (χ0n) is 8.09. The van der Waals surface area contributed by atoms with Gasteiger partial charge in [-0.1, -0.05) is 0 Å². The zero-order valence-corrected chi connectivity index (χ0v) is 11.0. The Balaban J connectivity index is 3.76. The van der Waals surface area contributed by atoms with Crippen molar-refractivity contribution in [1.29, 1.82) is 0 Å². The molecule has 1 rings (SSSR count). The average molecular weight is 402 g/mol. The Labute approximate surface area is 115 Å². The highest BCUT2D eigenvalue weighted by atomic mass is 127. The van der Waals surface area contributed by atoms with Gasteiger partial charge in [0, 0.05) is 9.13 Å². The molecule has 0 amide bonds. The predicted molar refractivity (Wildman–Crippen MR) is 59.3 cm³/mol. The summed E-state index contributed by atoms with van der Waals surface area (Å²) in [4.78, 5) is 10.8. The summed E-state index contributed by atoms with van der Waals surface area (Å²) in [6, 6.07) is 0.973. The highest BCUT2D eigenvalue weighted by molar-refractivity contribution is 14.1. The molecule has 0 unspecified atom stereocenters. The van der Waals surface area contributed by atoms with Gasteiger partial charge in [0.2, 0.25) is 0 Å². The van der Waals surface area contributed by atoms with E-state index in [0.717, 1.165) is 0 Å². The third-order valence-corrected chi connectivity index (χ3v) is 2.73. The molecular weight excluding hydrogens is 400 g/mol. The summed E-state index contributed by atoms with van der Waals surface area (Å²) >= 11 is 6.27. The van der Waals surface area contributed by atoms with Crippen LogP contribution in [0, 0.1) is 3.57 Å². The molecule has 18 heavy (non-hydrogen) atoms. The number of carbonyl (C=O) groups is 1. The van der Waals surface area contributed by atoms with E-state index in [0.29, 0.717) is 12.1 Å². The van der Waals surface area contributed by atoms with E-state index in [-0.39, 0.29) is 3.57 Å². The maximum Gasteiger partial charge on any atom is 0.417 e. The van der Waals surface area contributed by atoms with E-state index in [1.807, 2.05) is 0 Å². The van der Waals surface area contributed by atoms with Crippen molar-refractivity contribution in [1.82, 2.24) is 0 Å². The number of hydrogen-bond acceptors (Lipinski definition) is 1. The van der Waals surface area contributed by atoms with Crippen LogP contribution in [-0.2, 0) is 12.4 Å². The number of hydrogen-bond donors (Lipinski definition) is 0. The molecule has 0 saturated carbocycles. The number of carbonyl (C=O) groups excluding carboxylic acids is 1. The maximum atomic E-state index is 12.6. The fourth-order valence-corrected chi connectivity index (χ4v) is 2.06. The topological polar surface area (TPSA) is 17.1 Å². The molecule has 9 heteroatoms. The standard InChI is InChI=1S/C9H2ClF6IO/c10-7(18)4-1-3(17)2-5(8(11,12)13)6(4)9(14,15)16/h1-2H. The van der Waals surface area contributed by atoms with Crippen LogP contribution in [0.3, 0.4) is 0 Å². The van der Waals surface area contributed by atoms with Crippen molar-refractivity contribution < 1.29 is 31.1 Å². The quantitative estimate of drug-likeness (QED) is 0.378. The van der Waals surface area contributed by atoms with Crippen LogP contribution in [-0.4, -0.2) is 5.24 Å². The molecular formula is C9H2ClF6IO. The second-order valence-corrected chi connectivity index (χ2v) is 4.73. The van der Waals surface area contributed by atoms with Crippen LogP contribution in [0.2, 0.25) is 0 Å². The Morgan fingerprint density at radius 2 is 1.56 bits per heavy atom. The van der Waals surface area contributed by atoms with Crippen molar-refractivity contribution in [3.05, 3.63) is 32.4 Å². The van der Waals surface area contributed by atoms with E-state index in [1.54, 1.807) is 0 Å². The molecule has 0 saturated heterocycles. The van der Waals surface area contributed by atoms with Crippen molar-refractivity contribution in [2.45, 2.75) is 12.4 Å². The lowest BCUT2D eigenvalue weighted by Gasteiger charge is -2.18. The third-order valence-electron chi connectivity index (χ3n) is 1.90. The molecule has 100 valence electrons. The largest absolute Gasteiger partial charge is 0.417 e. The molecule has 0 N–H and O–H groups in total. The van der Waals surface area contributed by atoms with Crippen LogP contribution in [0.15, 0.2) is 12.1 Å². The first-order valence-electron chi connectivity index (χ1n) is 4.12. The predicted octanol–water partition coefficient (Wildman–Crippen LogP) is 4.71. The number of rotatable bonds is 1. The molecule has 0 radical (unpaired) electrons. The van der Waals surface area contributed by atoms with Gasteiger partial charge in [0.05, 0.1) is 11.1 Å². The third kappa shape index (κ3) is 3.28. The lowest BCUT2D eigenvalue weighted by atomic mass is 10.0. The minimum Gasteiger partial charge on any atom is -0.276 e. The lowest BCUT2D eigenvalue weighted by Crippen LogP contribution is -2.20. The molecule has 0 spiro atoms. The van der Waals surface area contributed by atoms with Gasteiger partial charge in [-0.3, -0.25) is 4.79 Å². The highest BCUT2D eigenvalue weighted by Crippen LogP contribution is 2.43. The first kappa shape index (κ1) is 15.5. The highest BCUT2D eigenvalue weighted by Gasteiger charge is 2.46. The molecule has 1 nitrogen and oxygen atoms in total. The molecule has 0 aliphatic heterocycles. The molecule has 0 atom stereocenters. The number of benzene rings is 1. The molecule has 1 aromatic rings. The normalized spacial score (nSPS) is 12.7. The maximum absolute atomic E-state index is 12.6. The van der Waals surface area contributed by atoms with Crippen LogP contribution in [0.1, 0.15) is 21.5 Å². The van der Waals surface area contributed by atoms with Gasteiger partial charge in [0.25, 0.3) is 5.24 Å². The minimum atomic E-state index is -5.32. The van der Waals surface area contributed by atoms with E-state index < -0.39 is 34.3 Å².